The summed E-state index contributed by atoms with van der Waals surface area (Å²) in [6.07, 6.45) is 2.43. The molecule has 1 aliphatic carbocycles. The molecule has 3 N–H and O–H groups in total. The molecule has 1 saturated carbocycles. The first-order valence-electron chi connectivity index (χ1n) is 6.54. The Labute approximate surface area is 108 Å². The third-order valence-electron chi connectivity index (χ3n) is 3.44. The van der Waals surface area contributed by atoms with Crippen molar-refractivity contribution in [1.82, 2.24) is 4.90 Å². The summed E-state index contributed by atoms with van der Waals surface area (Å²) in [4.78, 5) is 14.4. The molecule has 98 valence electrons. The molecule has 1 fully saturated rings. The average Bonchev–Trinajstić information content (AvgIpc) is 3.17. The fourth-order valence-corrected chi connectivity index (χ4v) is 2.22. The number of hydrogen-bond donors (Lipinski definition) is 2. The van der Waals surface area contributed by atoms with Gasteiger partial charge in [-0.05, 0) is 50.6 Å². The largest absolute Gasteiger partial charge is 0.399 e. The van der Waals surface area contributed by atoms with E-state index in [4.69, 9.17) is 5.73 Å². The quantitative estimate of drug-likeness (QED) is 0.783. The first-order valence-corrected chi connectivity index (χ1v) is 6.54. The molecule has 1 aliphatic rings. The first kappa shape index (κ1) is 12.9. The van der Waals surface area contributed by atoms with Gasteiger partial charge in [-0.1, -0.05) is 6.92 Å². The van der Waals surface area contributed by atoms with Crippen molar-refractivity contribution in [2.75, 3.05) is 17.6 Å². The predicted octanol–water partition coefficient (Wildman–Crippen LogP) is 2.08. The van der Waals surface area contributed by atoms with Crippen molar-refractivity contribution in [3.05, 3.63) is 24.3 Å². The molecular formula is C14H21N3O. The number of amides is 1. The lowest BCUT2D eigenvalue weighted by atomic mass is 10.2. The molecule has 0 spiro atoms. The van der Waals surface area contributed by atoms with Crippen molar-refractivity contribution in [3.8, 4) is 0 Å². The zero-order valence-electron chi connectivity index (χ0n) is 11.0. The number of nitrogen functional groups attached to an aromatic ring is 1. The minimum absolute atomic E-state index is 0.0496. The Hall–Kier alpha value is -1.55. The second-order valence-electron chi connectivity index (χ2n) is 4.85. The second kappa shape index (κ2) is 5.40. The van der Waals surface area contributed by atoms with Crippen molar-refractivity contribution in [2.45, 2.75) is 38.8 Å². The Morgan fingerprint density at radius 1 is 1.44 bits per heavy atom. The van der Waals surface area contributed by atoms with Crippen LogP contribution in [0.4, 0.5) is 11.4 Å². The molecular weight excluding hydrogens is 226 g/mol. The molecule has 0 saturated heterocycles. The fourth-order valence-electron chi connectivity index (χ4n) is 2.22. The van der Waals surface area contributed by atoms with E-state index in [-0.39, 0.29) is 11.9 Å². The molecule has 2 rings (SSSR count). The third kappa shape index (κ3) is 3.01. The van der Waals surface area contributed by atoms with E-state index in [0.29, 0.717) is 11.7 Å². The Kier molecular flexibility index (Phi) is 3.87. The smallest absolute Gasteiger partial charge is 0.241 e. The maximum absolute atomic E-state index is 12.1. The van der Waals surface area contributed by atoms with Crippen molar-refractivity contribution in [2.24, 2.45) is 0 Å². The van der Waals surface area contributed by atoms with Gasteiger partial charge >= 0.3 is 0 Å². The molecule has 0 aromatic heterocycles. The van der Waals surface area contributed by atoms with Crippen molar-refractivity contribution >= 4 is 17.3 Å². The van der Waals surface area contributed by atoms with Gasteiger partial charge in [0.1, 0.15) is 0 Å². The standard InChI is InChI=1S/C14H21N3O/c1-3-17(13-8-9-13)10(2)14(18)16-12-6-4-11(15)5-7-12/h4-7,10,13H,3,8-9,15H2,1-2H3,(H,16,18). The third-order valence-corrected chi connectivity index (χ3v) is 3.44. The highest BCUT2D eigenvalue weighted by Gasteiger charge is 2.33. The number of carbonyl (C=O) groups excluding carboxylic acids is 1. The molecule has 1 unspecified atom stereocenters. The van der Waals surface area contributed by atoms with Crippen LogP contribution in [-0.4, -0.2) is 29.4 Å². The Balaban J connectivity index is 1.96. The van der Waals surface area contributed by atoms with Crippen LogP contribution in [0.2, 0.25) is 0 Å². The summed E-state index contributed by atoms with van der Waals surface area (Å²) in [5, 5.41) is 2.93. The maximum Gasteiger partial charge on any atom is 0.241 e. The van der Waals surface area contributed by atoms with Crippen LogP contribution in [0.15, 0.2) is 24.3 Å². The summed E-state index contributed by atoms with van der Waals surface area (Å²) >= 11 is 0. The molecule has 0 bridgehead atoms. The van der Waals surface area contributed by atoms with E-state index in [1.807, 2.05) is 19.1 Å². The second-order valence-corrected chi connectivity index (χ2v) is 4.85. The van der Waals surface area contributed by atoms with Crippen molar-refractivity contribution in [3.63, 3.8) is 0 Å². The van der Waals surface area contributed by atoms with Crippen LogP contribution in [0.3, 0.4) is 0 Å². The number of hydrogen-bond acceptors (Lipinski definition) is 3. The molecule has 1 atom stereocenters. The summed E-state index contributed by atoms with van der Waals surface area (Å²) in [7, 11) is 0. The Morgan fingerprint density at radius 2 is 2.06 bits per heavy atom. The number of nitrogens with one attached hydrogen (secondary N) is 1. The summed E-state index contributed by atoms with van der Waals surface area (Å²) in [5.41, 5.74) is 7.12. The van der Waals surface area contributed by atoms with Crippen LogP contribution in [0.25, 0.3) is 0 Å². The van der Waals surface area contributed by atoms with Gasteiger partial charge in [-0.3, -0.25) is 9.69 Å². The Morgan fingerprint density at radius 3 is 2.56 bits per heavy atom. The molecule has 1 aromatic carbocycles. The van der Waals surface area contributed by atoms with E-state index in [1.165, 1.54) is 12.8 Å². The number of benzene rings is 1. The van der Waals surface area contributed by atoms with Gasteiger partial charge in [0.25, 0.3) is 0 Å². The van der Waals surface area contributed by atoms with Gasteiger partial charge in [0.2, 0.25) is 5.91 Å². The van der Waals surface area contributed by atoms with E-state index in [2.05, 4.69) is 17.1 Å². The summed E-state index contributed by atoms with van der Waals surface area (Å²) in [6.45, 7) is 4.99. The van der Waals surface area contributed by atoms with Gasteiger partial charge in [0.05, 0.1) is 6.04 Å². The highest BCUT2D eigenvalue weighted by Crippen LogP contribution is 2.28. The molecule has 0 heterocycles. The van der Waals surface area contributed by atoms with Crippen LogP contribution < -0.4 is 11.1 Å². The lowest BCUT2D eigenvalue weighted by Crippen LogP contribution is -2.43. The van der Waals surface area contributed by atoms with Crippen LogP contribution in [-0.2, 0) is 4.79 Å². The number of likely N-dealkylation sites (N-methyl/N-ethyl adjacent to an activating group) is 1. The molecule has 1 aromatic rings. The summed E-state index contributed by atoms with van der Waals surface area (Å²) < 4.78 is 0. The number of nitrogens with zero attached hydrogens (tertiary/aromatic N) is 1. The SMILES string of the molecule is CCN(C1CC1)C(C)C(=O)Nc1ccc(N)cc1. The molecule has 0 aliphatic heterocycles. The Bertz CT molecular complexity index is 412. The highest BCUT2D eigenvalue weighted by molar-refractivity contribution is 5.94. The van der Waals surface area contributed by atoms with E-state index in [0.717, 1.165) is 12.2 Å². The van der Waals surface area contributed by atoms with Crippen molar-refractivity contribution in [1.29, 1.82) is 0 Å². The van der Waals surface area contributed by atoms with Crippen LogP contribution >= 0.6 is 0 Å². The first-order chi connectivity index (χ1) is 8.61. The van der Waals surface area contributed by atoms with E-state index in [1.54, 1.807) is 12.1 Å². The normalized spacial score (nSPS) is 16.6. The lowest BCUT2D eigenvalue weighted by molar-refractivity contribution is -0.120. The summed E-state index contributed by atoms with van der Waals surface area (Å²) in [5.74, 6) is 0.0496. The average molecular weight is 247 g/mol. The van der Waals surface area contributed by atoms with Gasteiger partial charge in [-0.25, -0.2) is 0 Å². The van der Waals surface area contributed by atoms with Crippen LogP contribution in [0, 0.1) is 0 Å². The number of carbonyl (C=O) groups is 1. The van der Waals surface area contributed by atoms with Gasteiger partial charge in [0.15, 0.2) is 0 Å². The zero-order chi connectivity index (χ0) is 13.1. The molecule has 0 radical (unpaired) electrons. The van der Waals surface area contributed by atoms with Crippen molar-refractivity contribution < 1.29 is 4.79 Å². The predicted molar refractivity (Wildman–Crippen MR) is 74.3 cm³/mol. The van der Waals surface area contributed by atoms with E-state index in [9.17, 15) is 4.79 Å². The van der Waals surface area contributed by atoms with E-state index >= 15 is 0 Å². The van der Waals surface area contributed by atoms with Gasteiger partial charge in [0, 0.05) is 17.4 Å². The number of rotatable bonds is 5. The van der Waals surface area contributed by atoms with Crippen LogP contribution in [0.1, 0.15) is 26.7 Å². The maximum atomic E-state index is 12.1. The monoisotopic (exact) mass is 247 g/mol. The van der Waals surface area contributed by atoms with E-state index < -0.39 is 0 Å². The molecule has 4 nitrogen and oxygen atoms in total. The summed E-state index contributed by atoms with van der Waals surface area (Å²) in [6, 6.07) is 7.75. The number of anilines is 2. The zero-order valence-corrected chi connectivity index (χ0v) is 11.0. The van der Waals surface area contributed by atoms with Crippen LogP contribution in [0.5, 0.6) is 0 Å². The topological polar surface area (TPSA) is 58.4 Å². The van der Waals surface area contributed by atoms with Gasteiger partial charge in [-0.15, -0.1) is 0 Å². The molecule has 4 heteroatoms. The highest BCUT2D eigenvalue weighted by atomic mass is 16.2. The fraction of sp³-hybridized carbons (Fsp3) is 0.500. The minimum atomic E-state index is -0.0833. The molecule has 1 amide bonds. The number of nitrogens with two attached hydrogens (primary N) is 1. The lowest BCUT2D eigenvalue weighted by Gasteiger charge is -2.26. The molecule has 18 heavy (non-hydrogen) atoms. The van der Waals surface area contributed by atoms with Gasteiger partial charge in [-0.2, -0.15) is 0 Å². The van der Waals surface area contributed by atoms with Gasteiger partial charge < -0.3 is 11.1 Å². The minimum Gasteiger partial charge on any atom is -0.399 e.